The van der Waals surface area contributed by atoms with Gasteiger partial charge < -0.3 is 15.2 Å². The van der Waals surface area contributed by atoms with E-state index in [1.807, 2.05) is 0 Å². The van der Waals surface area contributed by atoms with Crippen LogP contribution in [0.15, 0.2) is 0 Å². The summed E-state index contributed by atoms with van der Waals surface area (Å²) >= 11 is 0. The van der Waals surface area contributed by atoms with Crippen molar-refractivity contribution in [3.63, 3.8) is 0 Å². The van der Waals surface area contributed by atoms with Crippen molar-refractivity contribution in [1.29, 1.82) is 0 Å². The number of carbonyl (C=O) groups is 3. The van der Waals surface area contributed by atoms with Gasteiger partial charge in [0.1, 0.15) is 0 Å². The smallest absolute Gasteiger partial charge is 0.321 e. The summed E-state index contributed by atoms with van der Waals surface area (Å²) in [4.78, 5) is 32.5. The first-order valence-electron chi connectivity index (χ1n) is 5.45. The number of rotatable bonds is 5. The zero-order valence-electron chi connectivity index (χ0n) is 9.40. The molecule has 3 amide bonds. The van der Waals surface area contributed by atoms with Crippen molar-refractivity contribution < 1.29 is 24.2 Å². The third kappa shape index (κ3) is 5.86. The zero-order chi connectivity index (χ0) is 12.7. The molecule has 1 unspecified atom stereocenters. The third-order valence-electron chi connectivity index (χ3n) is 2.39. The number of aliphatic carboxylic acids is 1. The van der Waals surface area contributed by atoms with Crippen LogP contribution >= 0.6 is 0 Å². The van der Waals surface area contributed by atoms with Crippen LogP contribution in [0.1, 0.15) is 19.3 Å². The fourth-order valence-corrected chi connectivity index (χ4v) is 1.44. The number of imide groups is 1. The normalized spacial score (nSPS) is 18.7. The van der Waals surface area contributed by atoms with E-state index in [2.05, 4.69) is 10.6 Å². The average molecular weight is 244 g/mol. The van der Waals surface area contributed by atoms with Crippen molar-refractivity contribution in [3.8, 4) is 0 Å². The Hall–Kier alpha value is -1.63. The number of nitrogens with one attached hydrogen (secondary N) is 2. The summed E-state index contributed by atoms with van der Waals surface area (Å²) in [6, 6.07) is -0.590. The third-order valence-corrected chi connectivity index (χ3v) is 2.39. The number of ether oxygens (including phenoxy) is 1. The quantitative estimate of drug-likeness (QED) is 0.616. The van der Waals surface area contributed by atoms with E-state index in [1.165, 1.54) is 0 Å². The lowest BCUT2D eigenvalue weighted by Crippen LogP contribution is -2.41. The van der Waals surface area contributed by atoms with Crippen molar-refractivity contribution in [2.24, 2.45) is 5.92 Å². The van der Waals surface area contributed by atoms with Gasteiger partial charge in [0.15, 0.2) is 0 Å². The van der Waals surface area contributed by atoms with Gasteiger partial charge in [-0.05, 0) is 6.42 Å². The highest BCUT2D eigenvalue weighted by Crippen LogP contribution is 2.10. The molecule has 0 spiro atoms. The number of amides is 3. The lowest BCUT2D eigenvalue weighted by molar-refractivity contribution is -0.138. The second-order valence-electron chi connectivity index (χ2n) is 3.88. The molecule has 0 aromatic heterocycles. The van der Waals surface area contributed by atoms with E-state index in [-0.39, 0.29) is 18.8 Å². The monoisotopic (exact) mass is 244 g/mol. The van der Waals surface area contributed by atoms with E-state index in [9.17, 15) is 14.4 Å². The molecule has 1 atom stereocenters. The summed E-state index contributed by atoms with van der Waals surface area (Å²) in [6.07, 6.45) is 0.415. The Kier molecular flexibility index (Phi) is 5.41. The Balaban J connectivity index is 2.10. The van der Waals surface area contributed by atoms with Gasteiger partial charge >= 0.3 is 12.0 Å². The molecule has 7 nitrogen and oxygen atoms in total. The van der Waals surface area contributed by atoms with Crippen molar-refractivity contribution >= 4 is 17.9 Å². The highest BCUT2D eigenvalue weighted by Gasteiger charge is 2.17. The number of hydrogen-bond donors (Lipinski definition) is 3. The van der Waals surface area contributed by atoms with Crippen molar-refractivity contribution in [3.05, 3.63) is 0 Å². The second kappa shape index (κ2) is 6.85. The molecule has 0 radical (unpaired) electrons. The predicted molar refractivity (Wildman–Crippen MR) is 57.3 cm³/mol. The van der Waals surface area contributed by atoms with Gasteiger partial charge in [-0.15, -0.1) is 0 Å². The molecule has 1 heterocycles. The first-order chi connectivity index (χ1) is 8.08. The van der Waals surface area contributed by atoms with Crippen LogP contribution in [0.4, 0.5) is 4.79 Å². The van der Waals surface area contributed by atoms with Crippen LogP contribution in [0, 0.1) is 5.92 Å². The molecule has 0 saturated carbocycles. The number of hydrogen-bond acceptors (Lipinski definition) is 4. The minimum atomic E-state index is -1.07. The molecular weight excluding hydrogens is 228 g/mol. The number of carbonyl (C=O) groups excluding carboxylic acids is 2. The predicted octanol–water partition coefficient (Wildman–Crippen LogP) is -0.286. The molecular formula is C10H16N2O5. The van der Waals surface area contributed by atoms with Gasteiger partial charge in [0.25, 0.3) is 0 Å². The Morgan fingerprint density at radius 1 is 1.29 bits per heavy atom. The van der Waals surface area contributed by atoms with Crippen LogP contribution in [0.3, 0.4) is 0 Å². The second-order valence-corrected chi connectivity index (χ2v) is 3.88. The van der Waals surface area contributed by atoms with Gasteiger partial charge in [0.05, 0.1) is 13.0 Å². The highest BCUT2D eigenvalue weighted by atomic mass is 16.5. The Bertz CT molecular complexity index is 299. The SMILES string of the molecule is O=C(O)CCC(=O)NC(=O)NCC1CCOC1. The lowest BCUT2D eigenvalue weighted by Gasteiger charge is -2.09. The maximum Gasteiger partial charge on any atom is 0.321 e. The first-order valence-corrected chi connectivity index (χ1v) is 5.45. The molecule has 0 bridgehead atoms. The fraction of sp³-hybridized carbons (Fsp3) is 0.700. The van der Waals surface area contributed by atoms with Gasteiger partial charge in [-0.1, -0.05) is 0 Å². The molecule has 1 rings (SSSR count). The van der Waals surface area contributed by atoms with Crippen LogP contribution in [-0.2, 0) is 14.3 Å². The largest absolute Gasteiger partial charge is 0.481 e. The summed E-state index contributed by atoms with van der Waals surface area (Å²) in [5, 5.41) is 13.0. The Morgan fingerprint density at radius 2 is 2.06 bits per heavy atom. The van der Waals surface area contributed by atoms with Gasteiger partial charge in [-0.3, -0.25) is 14.9 Å². The Morgan fingerprint density at radius 3 is 2.65 bits per heavy atom. The first kappa shape index (κ1) is 13.4. The number of carboxylic acids is 1. The molecule has 0 aromatic carbocycles. The van der Waals surface area contributed by atoms with Gasteiger partial charge in [0.2, 0.25) is 5.91 Å². The van der Waals surface area contributed by atoms with Crippen LogP contribution in [-0.4, -0.2) is 42.8 Å². The van der Waals surface area contributed by atoms with Crippen molar-refractivity contribution in [1.82, 2.24) is 10.6 Å². The van der Waals surface area contributed by atoms with Gasteiger partial charge in [-0.25, -0.2) is 4.79 Å². The number of carboxylic acid groups (broad SMARTS) is 1. The molecule has 3 N–H and O–H groups in total. The minimum Gasteiger partial charge on any atom is -0.481 e. The van der Waals surface area contributed by atoms with Crippen LogP contribution in [0.5, 0.6) is 0 Å². The molecule has 1 fully saturated rings. The van der Waals surface area contributed by atoms with E-state index >= 15 is 0 Å². The molecule has 0 aromatic rings. The van der Waals surface area contributed by atoms with Crippen molar-refractivity contribution in [2.45, 2.75) is 19.3 Å². The van der Waals surface area contributed by atoms with Crippen LogP contribution in [0.25, 0.3) is 0 Å². The van der Waals surface area contributed by atoms with E-state index in [4.69, 9.17) is 9.84 Å². The van der Waals surface area contributed by atoms with Crippen LogP contribution < -0.4 is 10.6 Å². The van der Waals surface area contributed by atoms with Crippen molar-refractivity contribution in [2.75, 3.05) is 19.8 Å². The number of urea groups is 1. The zero-order valence-corrected chi connectivity index (χ0v) is 9.40. The molecule has 96 valence electrons. The highest BCUT2D eigenvalue weighted by molar-refractivity contribution is 5.95. The standard InChI is InChI=1S/C10H16N2O5/c13-8(1-2-9(14)15)12-10(16)11-5-7-3-4-17-6-7/h7H,1-6H2,(H,14,15)(H2,11,12,13,16). The fourth-order valence-electron chi connectivity index (χ4n) is 1.44. The maximum atomic E-state index is 11.2. The van der Waals surface area contributed by atoms with E-state index in [1.54, 1.807) is 0 Å². The lowest BCUT2D eigenvalue weighted by atomic mass is 10.1. The minimum absolute atomic E-state index is 0.199. The molecule has 0 aliphatic carbocycles. The summed E-state index contributed by atoms with van der Waals surface area (Å²) in [6.45, 7) is 1.77. The van der Waals surface area contributed by atoms with E-state index in [0.29, 0.717) is 19.8 Å². The molecule has 7 heteroatoms. The Labute approximate surface area is 98.5 Å². The topological polar surface area (TPSA) is 105 Å². The molecule has 17 heavy (non-hydrogen) atoms. The molecule has 1 saturated heterocycles. The molecule has 1 aliphatic heterocycles. The van der Waals surface area contributed by atoms with Gasteiger partial charge in [0, 0.05) is 25.5 Å². The van der Waals surface area contributed by atoms with Gasteiger partial charge in [-0.2, -0.15) is 0 Å². The average Bonchev–Trinajstić information content (AvgIpc) is 2.76. The summed E-state index contributed by atoms with van der Waals surface area (Å²) in [5.74, 6) is -1.37. The molecule has 1 aliphatic rings. The summed E-state index contributed by atoms with van der Waals surface area (Å²) in [7, 11) is 0. The summed E-state index contributed by atoms with van der Waals surface area (Å²) < 4.78 is 5.13. The summed E-state index contributed by atoms with van der Waals surface area (Å²) in [5.41, 5.74) is 0. The van der Waals surface area contributed by atoms with Crippen LogP contribution in [0.2, 0.25) is 0 Å². The van der Waals surface area contributed by atoms with E-state index < -0.39 is 17.9 Å². The maximum absolute atomic E-state index is 11.2. The van der Waals surface area contributed by atoms with E-state index in [0.717, 1.165) is 6.42 Å².